The van der Waals surface area contributed by atoms with Crippen LogP contribution in [0.1, 0.15) is 33.6 Å². The van der Waals surface area contributed by atoms with E-state index in [2.05, 4.69) is 27.4 Å². The Morgan fingerprint density at radius 1 is 1.50 bits per heavy atom. The first-order chi connectivity index (χ1) is 8.27. The number of rotatable bonds is 3. The summed E-state index contributed by atoms with van der Waals surface area (Å²) in [5, 5.41) is 8.94. The molecule has 18 heavy (non-hydrogen) atoms. The van der Waals surface area contributed by atoms with Gasteiger partial charge in [-0.25, -0.2) is 4.79 Å². The predicted molar refractivity (Wildman–Crippen MR) is 71.7 cm³/mol. The molecule has 4 nitrogen and oxygen atoms in total. The monoisotopic (exact) mass is 255 g/mol. The van der Waals surface area contributed by atoms with E-state index >= 15 is 0 Å². The van der Waals surface area contributed by atoms with Crippen molar-refractivity contribution in [3.05, 3.63) is 12.7 Å². The average molecular weight is 255 g/mol. The van der Waals surface area contributed by atoms with Crippen molar-refractivity contribution in [3.63, 3.8) is 0 Å². The maximum Gasteiger partial charge on any atom is 0.407 e. The Morgan fingerprint density at radius 2 is 2.11 bits per heavy atom. The van der Waals surface area contributed by atoms with E-state index in [4.69, 9.17) is 9.84 Å². The minimum Gasteiger partial charge on any atom is -0.465 e. The van der Waals surface area contributed by atoms with Crippen LogP contribution in [0.25, 0.3) is 0 Å². The molecule has 1 saturated heterocycles. The van der Waals surface area contributed by atoms with Crippen LogP contribution in [0.2, 0.25) is 0 Å². The third kappa shape index (κ3) is 3.48. The van der Waals surface area contributed by atoms with Gasteiger partial charge in [0.15, 0.2) is 0 Å². The zero-order valence-electron chi connectivity index (χ0n) is 11.8. The van der Waals surface area contributed by atoms with Crippen molar-refractivity contribution in [2.75, 3.05) is 13.7 Å². The fraction of sp³-hybridized carbons (Fsp3) is 0.786. The lowest BCUT2D eigenvalue weighted by Crippen LogP contribution is -2.46. The Morgan fingerprint density at radius 3 is 2.44 bits per heavy atom. The van der Waals surface area contributed by atoms with E-state index in [1.165, 1.54) is 4.90 Å². The highest BCUT2D eigenvalue weighted by molar-refractivity contribution is 5.64. The molecule has 0 aliphatic carbocycles. The van der Waals surface area contributed by atoms with Crippen LogP contribution >= 0.6 is 0 Å². The molecule has 4 heteroatoms. The standard InChI is InChI=1S/C14H25NO3/c1-6-11(14(2,3)4)12-8-7-10(9-18-12)15(5)13(16)17/h6,10-12H,1,7-9H2,2-5H3,(H,16,17)/t10-,11?,12-/m1/s1. The molecule has 1 N–H and O–H groups in total. The number of ether oxygens (including phenoxy) is 1. The van der Waals surface area contributed by atoms with Crippen molar-refractivity contribution < 1.29 is 14.6 Å². The molecule has 1 aliphatic rings. The van der Waals surface area contributed by atoms with Crippen LogP contribution in [0.5, 0.6) is 0 Å². The number of likely N-dealkylation sites (N-methyl/N-ethyl adjacent to an activating group) is 1. The average Bonchev–Trinajstić information content (AvgIpc) is 2.28. The summed E-state index contributed by atoms with van der Waals surface area (Å²) < 4.78 is 5.87. The van der Waals surface area contributed by atoms with Gasteiger partial charge in [0, 0.05) is 13.0 Å². The van der Waals surface area contributed by atoms with Crippen molar-refractivity contribution in [1.29, 1.82) is 0 Å². The van der Waals surface area contributed by atoms with Crippen molar-refractivity contribution >= 4 is 6.09 Å². The smallest absolute Gasteiger partial charge is 0.407 e. The molecule has 0 saturated carbocycles. The van der Waals surface area contributed by atoms with Crippen molar-refractivity contribution in [2.24, 2.45) is 11.3 Å². The molecule has 104 valence electrons. The summed E-state index contributed by atoms with van der Waals surface area (Å²) in [5.74, 6) is 0.300. The van der Waals surface area contributed by atoms with Crippen LogP contribution < -0.4 is 0 Å². The first-order valence-corrected chi connectivity index (χ1v) is 6.47. The van der Waals surface area contributed by atoms with Gasteiger partial charge in [-0.1, -0.05) is 26.8 Å². The maximum absolute atomic E-state index is 10.9. The molecule has 0 radical (unpaired) electrons. The third-order valence-electron chi connectivity index (χ3n) is 3.79. The van der Waals surface area contributed by atoms with Crippen LogP contribution in [0, 0.1) is 11.3 Å². The van der Waals surface area contributed by atoms with E-state index in [1.54, 1.807) is 7.05 Å². The first kappa shape index (κ1) is 15.0. The Hall–Kier alpha value is -1.03. The van der Waals surface area contributed by atoms with Gasteiger partial charge in [-0.05, 0) is 18.3 Å². The lowest BCUT2D eigenvalue weighted by molar-refractivity contribution is -0.0644. The van der Waals surface area contributed by atoms with Crippen LogP contribution in [0.4, 0.5) is 4.79 Å². The van der Waals surface area contributed by atoms with Crippen LogP contribution in [-0.4, -0.2) is 41.9 Å². The molecule has 1 amide bonds. The molecule has 0 aromatic heterocycles. The van der Waals surface area contributed by atoms with Crippen LogP contribution in [0.15, 0.2) is 12.7 Å². The second kappa shape index (κ2) is 5.74. The summed E-state index contributed by atoms with van der Waals surface area (Å²) in [6.45, 7) is 10.9. The van der Waals surface area contributed by atoms with E-state index in [1.807, 2.05) is 6.08 Å². The molecular weight excluding hydrogens is 230 g/mol. The fourth-order valence-electron chi connectivity index (χ4n) is 2.57. The lowest BCUT2D eigenvalue weighted by Gasteiger charge is -2.40. The topological polar surface area (TPSA) is 49.8 Å². The highest BCUT2D eigenvalue weighted by Gasteiger charge is 2.35. The van der Waals surface area contributed by atoms with Gasteiger partial charge in [0.25, 0.3) is 0 Å². The summed E-state index contributed by atoms with van der Waals surface area (Å²) >= 11 is 0. The first-order valence-electron chi connectivity index (χ1n) is 6.47. The molecule has 0 aromatic carbocycles. The predicted octanol–water partition coefficient (Wildman–Crippen LogP) is 2.99. The number of hydrogen-bond acceptors (Lipinski definition) is 2. The van der Waals surface area contributed by atoms with Crippen molar-refractivity contribution in [2.45, 2.75) is 45.8 Å². The van der Waals surface area contributed by atoms with Gasteiger partial charge in [-0.3, -0.25) is 0 Å². The maximum atomic E-state index is 10.9. The molecule has 1 heterocycles. The Labute approximate surface area is 110 Å². The zero-order valence-corrected chi connectivity index (χ0v) is 11.8. The Bertz CT molecular complexity index is 301. The van der Waals surface area contributed by atoms with Gasteiger partial charge in [-0.15, -0.1) is 6.58 Å². The van der Waals surface area contributed by atoms with Crippen LogP contribution in [0.3, 0.4) is 0 Å². The van der Waals surface area contributed by atoms with Gasteiger partial charge < -0.3 is 14.7 Å². The molecular formula is C14H25NO3. The van der Waals surface area contributed by atoms with Crippen molar-refractivity contribution in [1.82, 2.24) is 4.90 Å². The zero-order chi connectivity index (χ0) is 13.9. The summed E-state index contributed by atoms with van der Waals surface area (Å²) in [5.41, 5.74) is 0.123. The van der Waals surface area contributed by atoms with Crippen LogP contribution in [-0.2, 0) is 4.74 Å². The fourth-order valence-corrected chi connectivity index (χ4v) is 2.57. The van der Waals surface area contributed by atoms with Gasteiger partial charge in [0.1, 0.15) is 0 Å². The number of nitrogens with zero attached hydrogens (tertiary/aromatic N) is 1. The molecule has 0 aromatic rings. The molecule has 1 rings (SSSR count). The minimum atomic E-state index is -0.891. The molecule has 1 fully saturated rings. The van der Waals surface area contributed by atoms with E-state index in [9.17, 15) is 4.79 Å². The summed E-state index contributed by atoms with van der Waals surface area (Å²) in [7, 11) is 1.60. The van der Waals surface area contributed by atoms with Crippen molar-refractivity contribution in [3.8, 4) is 0 Å². The molecule has 1 unspecified atom stereocenters. The molecule has 0 spiro atoms. The molecule has 1 aliphatic heterocycles. The lowest BCUT2D eigenvalue weighted by atomic mass is 9.75. The van der Waals surface area contributed by atoms with Gasteiger partial charge in [0.05, 0.1) is 18.8 Å². The summed E-state index contributed by atoms with van der Waals surface area (Å²) in [4.78, 5) is 12.2. The minimum absolute atomic E-state index is 0.0239. The number of carboxylic acid groups (broad SMARTS) is 1. The Kier molecular flexibility index (Phi) is 4.79. The van der Waals surface area contributed by atoms with Gasteiger partial charge >= 0.3 is 6.09 Å². The highest BCUT2D eigenvalue weighted by atomic mass is 16.5. The number of carbonyl (C=O) groups is 1. The molecule has 3 atom stereocenters. The van der Waals surface area contributed by atoms with Gasteiger partial charge in [0.2, 0.25) is 0 Å². The van der Waals surface area contributed by atoms with Gasteiger partial charge in [-0.2, -0.15) is 0 Å². The SMILES string of the molecule is C=CC([C@H]1CC[C@@H](N(C)C(=O)O)CO1)C(C)(C)C. The number of hydrogen-bond donors (Lipinski definition) is 1. The van der Waals surface area contributed by atoms with E-state index in [-0.39, 0.29) is 17.6 Å². The molecule has 0 bridgehead atoms. The van der Waals surface area contributed by atoms with E-state index < -0.39 is 6.09 Å². The second-order valence-corrected chi connectivity index (χ2v) is 6.12. The third-order valence-corrected chi connectivity index (χ3v) is 3.79. The normalized spacial score (nSPS) is 26.4. The highest BCUT2D eigenvalue weighted by Crippen LogP contribution is 2.35. The summed E-state index contributed by atoms with van der Waals surface area (Å²) in [6.07, 6.45) is 2.97. The largest absolute Gasteiger partial charge is 0.465 e. The quantitative estimate of drug-likeness (QED) is 0.789. The van der Waals surface area contributed by atoms with E-state index in [0.717, 1.165) is 12.8 Å². The number of amides is 1. The Balaban J connectivity index is 2.58. The second-order valence-electron chi connectivity index (χ2n) is 6.12. The van der Waals surface area contributed by atoms with E-state index in [0.29, 0.717) is 12.5 Å². The summed E-state index contributed by atoms with van der Waals surface area (Å²) in [6, 6.07) is -0.0239.